The van der Waals surface area contributed by atoms with Crippen LogP contribution in [0.3, 0.4) is 0 Å². The number of carbonyl (C=O) groups is 1. The van der Waals surface area contributed by atoms with Crippen molar-refractivity contribution in [2.75, 3.05) is 13.7 Å². The Morgan fingerprint density at radius 2 is 1.85 bits per heavy atom. The molecule has 1 amide bonds. The first kappa shape index (κ1) is 25.4. The van der Waals surface area contributed by atoms with Crippen molar-refractivity contribution in [3.63, 3.8) is 0 Å². The number of ether oxygens (including phenoxy) is 1. The van der Waals surface area contributed by atoms with Gasteiger partial charge in [-0.05, 0) is 70.4 Å². The molecule has 0 atom stereocenters. The van der Waals surface area contributed by atoms with Crippen molar-refractivity contribution in [3.8, 4) is 11.4 Å². The van der Waals surface area contributed by atoms with Crippen molar-refractivity contribution in [3.05, 3.63) is 127 Å². The van der Waals surface area contributed by atoms with E-state index in [1.807, 2.05) is 53.2 Å². The summed E-state index contributed by atoms with van der Waals surface area (Å²) in [6.45, 7) is 0.685. The van der Waals surface area contributed by atoms with Gasteiger partial charge < -0.3 is 9.64 Å². The maximum absolute atomic E-state index is 14.1. The first-order chi connectivity index (χ1) is 18.9. The van der Waals surface area contributed by atoms with E-state index in [1.165, 1.54) is 0 Å². The zero-order chi connectivity index (χ0) is 27.1. The second-order valence-corrected chi connectivity index (χ2v) is 10.7. The molecule has 0 bridgehead atoms. The summed E-state index contributed by atoms with van der Waals surface area (Å²) in [7, 11) is 1.61. The molecule has 0 spiro atoms. The van der Waals surface area contributed by atoms with E-state index >= 15 is 0 Å². The van der Waals surface area contributed by atoms with Crippen LogP contribution in [-0.4, -0.2) is 38.6 Å². The lowest BCUT2D eigenvalue weighted by Gasteiger charge is -2.30. The van der Waals surface area contributed by atoms with Gasteiger partial charge in [0.1, 0.15) is 11.4 Å². The molecule has 0 fully saturated rings. The van der Waals surface area contributed by atoms with Crippen LogP contribution < -0.4 is 10.3 Å². The van der Waals surface area contributed by atoms with Crippen LogP contribution in [0.5, 0.6) is 5.75 Å². The van der Waals surface area contributed by atoms with Crippen molar-refractivity contribution >= 4 is 39.1 Å². The van der Waals surface area contributed by atoms with E-state index in [9.17, 15) is 9.59 Å². The minimum absolute atomic E-state index is 0.101. The number of aromatic nitrogens is 3. The maximum Gasteiger partial charge on any atom is 0.261 e. The summed E-state index contributed by atoms with van der Waals surface area (Å²) in [5, 5.41) is 5.22. The van der Waals surface area contributed by atoms with E-state index < -0.39 is 0 Å². The van der Waals surface area contributed by atoms with Gasteiger partial charge in [-0.1, -0.05) is 41.9 Å². The first-order valence-electron chi connectivity index (χ1n) is 12.5. The largest absolute Gasteiger partial charge is 0.497 e. The van der Waals surface area contributed by atoms with Crippen molar-refractivity contribution in [2.45, 2.75) is 19.4 Å². The van der Waals surface area contributed by atoms with Crippen molar-refractivity contribution in [1.29, 1.82) is 0 Å². The van der Waals surface area contributed by atoms with Crippen LogP contribution in [-0.2, 0) is 19.4 Å². The molecule has 2 aromatic heterocycles. The Balaban J connectivity index is 1.49. The van der Waals surface area contributed by atoms with Crippen LogP contribution >= 0.6 is 27.5 Å². The predicted molar refractivity (Wildman–Crippen MR) is 154 cm³/mol. The molecule has 5 aromatic rings. The van der Waals surface area contributed by atoms with Crippen LogP contribution in [0.25, 0.3) is 11.3 Å². The highest BCUT2D eigenvalue weighted by Crippen LogP contribution is 2.27. The summed E-state index contributed by atoms with van der Waals surface area (Å²) in [6.07, 6.45) is 2.85. The molecule has 0 saturated carbocycles. The van der Waals surface area contributed by atoms with E-state index in [-0.39, 0.29) is 18.0 Å². The Labute approximate surface area is 238 Å². The van der Waals surface area contributed by atoms with Gasteiger partial charge in [0.25, 0.3) is 11.5 Å². The minimum atomic E-state index is -0.140. The number of nitrogens with zero attached hydrogens (tertiary/aromatic N) is 4. The zero-order valence-electron chi connectivity index (χ0n) is 21.1. The Morgan fingerprint density at radius 3 is 2.56 bits per heavy atom. The second kappa shape index (κ2) is 10.4. The summed E-state index contributed by atoms with van der Waals surface area (Å²) >= 11 is 9.64. The maximum atomic E-state index is 14.1. The number of methoxy groups -OCH3 is 1. The quantitative estimate of drug-likeness (QED) is 0.259. The number of benzene rings is 3. The summed E-state index contributed by atoms with van der Waals surface area (Å²) < 4.78 is 9.62. The van der Waals surface area contributed by atoms with Crippen molar-refractivity contribution in [1.82, 2.24) is 19.1 Å². The van der Waals surface area contributed by atoms with Crippen LogP contribution in [0.15, 0.2) is 88.3 Å². The fourth-order valence-electron chi connectivity index (χ4n) is 5.11. The van der Waals surface area contributed by atoms with Gasteiger partial charge in [0.05, 0.1) is 36.3 Å². The highest BCUT2D eigenvalue weighted by Gasteiger charge is 2.29. The summed E-state index contributed by atoms with van der Waals surface area (Å²) in [4.78, 5) is 29.2. The Morgan fingerprint density at radius 1 is 1.08 bits per heavy atom. The van der Waals surface area contributed by atoms with Gasteiger partial charge >= 0.3 is 0 Å². The zero-order valence-corrected chi connectivity index (χ0v) is 23.4. The molecule has 7 nitrogen and oxygen atoms in total. The van der Waals surface area contributed by atoms with E-state index in [1.54, 1.807) is 34.8 Å². The lowest BCUT2D eigenvalue weighted by molar-refractivity contribution is 0.0729. The Kier molecular flexibility index (Phi) is 6.74. The summed E-state index contributed by atoms with van der Waals surface area (Å²) in [5.41, 5.74) is 5.23. The molecule has 0 N–H and O–H groups in total. The molecule has 0 aliphatic carbocycles. The number of fused-ring (bicyclic) bond motifs is 3. The molecule has 6 rings (SSSR count). The van der Waals surface area contributed by atoms with Gasteiger partial charge in [0.2, 0.25) is 0 Å². The molecule has 9 heteroatoms. The third kappa shape index (κ3) is 4.64. The average molecular weight is 604 g/mol. The topological polar surface area (TPSA) is 68.8 Å². The van der Waals surface area contributed by atoms with Crippen LogP contribution in [0, 0.1) is 0 Å². The fraction of sp³-hybridized carbons (Fsp3) is 0.167. The van der Waals surface area contributed by atoms with Gasteiger partial charge in [0, 0.05) is 34.1 Å². The van der Waals surface area contributed by atoms with E-state index in [0.717, 1.165) is 27.0 Å². The molecule has 0 unspecified atom stereocenters. The molecular formula is C30H24BrClN4O3. The number of amides is 1. The first-order valence-corrected chi connectivity index (χ1v) is 13.7. The standard InChI is InChI=1S/C30H24BrClN4O3/c1-39-23-10-8-22(9-11-23)35-28-21(15-19-5-3-2-4-6-19)17-33-36(28)27-18-34(14-13-24(27)30(35)38)29(37)20-7-12-25(31)26(32)16-20/h2-12,16-17H,13-15,18H2,1H3. The monoisotopic (exact) mass is 602 g/mol. The molecule has 3 aromatic carbocycles. The van der Waals surface area contributed by atoms with Gasteiger partial charge in [0.15, 0.2) is 0 Å². The van der Waals surface area contributed by atoms with Gasteiger partial charge in [-0.25, -0.2) is 4.52 Å². The number of hydrogen-bond donors (Lipinski definition) is 0. The minimum Gasteiger partial charge on any atom is -0.497 e. The Bertz CT molecular complexity index is 1760. The lowest BCUT2D eigenvalue weighted by atomic mass is 10.0. The molecule has 0 radical (unpaired) electrons. The molecule has 3 heterocycles. The van der Waals surface area contributed by atoms with Crippen LogP contribution in [0.2, 0.25) is 5.02 Å². The lowest BCUT2D eigenvalue weighted by Crippen LogP contribution is -2.41. The molecule has 1 aliphatic rings. The molecule has 1 aliphatic heterocycles. The highest BCUT2D eigenvalue weighted by atomic mass is 79.9. The number of carbonyl (C=O) groups excluding carboxylic acids is 1. The van der Waals surface area contributed by atoms with Gasteiger partial charge in [-0.15, -0.1) is 0 Å². The number of rotatable bonds is 5. The third-order valence-corrected chi connectivity index (χ3v) is 8.32. The molecule has 0 saturated heterocycles. The van der Waals surface area contributed by atoms with Gasteiger partial charge in [-0.3, -0.25) is 14.2 Å². The van der Waals surface area contributed by atoms with Crippen LogP contribution in [0.4, 0.5) is 0 Å². The number of halogens is 2. The summed E-state index contributed by atoms with van der Waals surface area (Å²) in [5.74, 6) is 0.570. The highest BCUT2D eigenvalue weighted by molar-refractivity contribution is 9.10. The van der Waals surface area contributed by atoms with Crippen molar-refractivity contribution in [2.24, 2.45) is 0 Å². The van der Waals surface area contributed by atoms with E-state index in [2.05, 4.69) is 28.1 Å². The average Bonchev–Trinajstić information content (AvgIpc) is 3.38. The molecular weight excluding hydrogens is 580 g/mol. The van der Waals surface area contributed by atoms with E-state index in [0.29, 0.717) is 46.9 Å². The fourth-order valence-corrected chi connectivity index (χ4v) is 5.54. The Hall–Kier alpha value is -3.88. The third-order valence-electron chi connectivity index (χ3n) is 7.09. The normalized spacial score (nSPS) is 12.9. The smallest absolute Gasteiger partial charge is 0.261 e. The molecule has 39 heavy (non-hydrogen) atoms. The molecule has 196 valence electrons. The second-order valence-electron chi connectivity index (χ2n) is 9.44. The predicted octanol–water partition coefficient (Wildman–Crippen LogP) is 5.70. The van der Waals surface area contributed by atoms with Crippen LogP contribution in [0.1, 0.15) is 32.7 Å². The van der Waals surface area contributed by atoms with E-state index in [4.69, 9.17) is 21.4 Å². The summed E-state index contributed by atoms with van der Waals surface area (Å²) in [6, 6.07) is 22.7. The van der Waals surface area contributed by atoms with Crippen molar-refractivity contribution < 1.29 is 9.53 Å². The van der Waals surface area contributed by atoms with Gasteiger partial charge in [-0.2, -0.15) is 5.10 Å². The number of hydrogen-bond acceptors (Lipinski definition) is 4. The SMILES string of the molecule is COc1ccc(-n2c(=O)c3c(n4ncc(Cc5ccccc5)c24)CN(C(=O)c2ccc(Br)c(Cl)c2)CC3)cc1.